The van der Waals surface area contributed by atoms with Crippen molar-refractivity contribution < 1.29 is 9.18 Å². The number of benzene rings is 3. The van der Waals surface area contributed by atoms with Crippen molar-refractivity contribution in [2.24, 2.45) is 5.73 Å². The topological polar surface area (TPSA) is 73.3 Å². The number of halogens is 1. The van der Waals surface area contributed by atoms with E-state index in [9.17, 15) is 14.0 Å². The Morgan fingerprint density at radius 1 is 0.912 bits per heavy atom. The molecule has 6 nitrogen and oxygen atoms in total. The van der Waals surface area contributed by atoms with Crippen LogP contribution in [0.15, 0.2) is 94.3 Å². The van der Waals surface area contributed by atoms with Crippen LogP contribution < -0.4 is 11.4 Å². The number of carbonyl (C=O) groups is 1. The number of para-hydroxylation sites is 2. The minimum Gasteiger partial charge on any atom is -0.365 e. The Morgan fingerprint density at radius 2 is 1.53 bits per heavy atom. The fraction of sp³-hybridized carbons (Fsp3) is 0.154. The number of imidazole rings is 1. The molecule has 0 saturated carbocycles. The summed E-state index contributed by atoms with van der Waals surface area (Å²) in [5.74, 6) is -0.830. The first-order chi connectivity index (χ1) is 16.4. The molecule has 8 heteroatoms. The van der Waals surface area contributed by atoms with Gasteiger partial charge in [-0.25, -0.2) is 9.18 Å². The molecule has 1 atom stereocenters. The minimum absolute atomic E-state index is 0.209. The Kier molecular flexibility index (Phi) is 5.75. The van der Waals surface area contributed by atoms with Gasteiger partial charge in [-0.1, -0.05) is 66.4 Å². The summed E-state index contributed by atoms with van der Waals surface area (Å²) < 4.78 is 16.8. The number of nitrogens with two attached hydrogens (primary N) is 1. The summed E-state index contributed by atoms with van der Waals surface area (Å²) in [5, 5.41) is 0. The maximum absolute atomic E-state index is 13.8. The Hall–Kier alpha value is -3.78. The van der Waals surface area contributed by atoms with Crippen LogP contribution in [-0.2, 0) is 17.9 Å². The first-order valence-electron chi connectivity index (χ1n) is 10.9. The molecule has 0 aliphatic carbocycles. The number of aromatic nitrogens is 2. The van der Waals surface area contributed by atoms with Crippen molar-refractivity contribution in [3.63, 3.8) is 0 Å². The van der Waals surface area contributed by atoms with Gasteiger partial charge >= 0.3 is 5.69 Å². The Morgan fingerprint density at radius 3 is 2.21 bits per heavy atom. The van der Waals surface area contributed by atoms with Crippen LogP contribution in [0.3, 0.4) is 0 Å². The highest BCUT2D eigenvalue weighted by Crippen LogP contribution is 2.45. The van der Waals surface area contributed by atoms with Crippen LogP contribution >= 0.6 is 11.8 Å². The normalized spacial score (nSPS) is 15.9. The number of allylic oxidation sites excluding steroid dienone is 1. The van der Waals surface area contributed by atoms with Crippen LogP contribution in [0.5, 0.6) is 0 Å². The summed E-state index contributed by atoms with van der Waals surface area (Å²) in [4.78, 5) is 28.5. The highest BCUT2D eigenvalue weighted by molar-refractivity contribution is 8.04. The standard InChI is InChI=1S/C26H23FN4O2S/c1-17-23(24(28)32)34-26(29(17)15-18-7-3-2-4-8-18)31-22-10-6-5-9-21(22)30(25(31)33)16-19-11-13-20(27)14-12-19/h2-14,26H,15-16H2,1H3,(H2,28,32). The quantitative estimate of drug-likeness (QED) is 0.449. The van der Waals surface area contributed by atoms with Crippen molar-refractivity contribution in [2.45, 2.75) is 25.5 Å². The van der Waals surface area contributed by atoms with Crippen LogP contribution in [0, 0.1) is 5.82 Å². The van der Waals surface area contributed by atoms with Gasteiger partial charge in [-0.15, -0.1) is 0 Å². The van der Waals surface area contributed by atoms with Crippen molar-refractivity contribution in [3.8, 4) is 0 Å². The van der Waals surface area contributed by atoms with Gasteiger partial charge in [-0.2, -0.15) is 0 Å². The molecule has 1 aliphatic rings. The lowest BCUT2D eigenvalue weighted by Crippen LogP contribution is -2.33. The third-order valence-electron chi connectivity index (χ3n) is 6.01. The maximum Gasteiger partial charge on any atom is 0.331 e. The lowest BCUT2D eigenvalue weighted by molar-refractivity contribution is -0.114. The van der Waals surface area contributed by atoms with Gasteiger partial charge in [0.15, 0.2) is 5.50 Å². The van der Waals surface area contributed by atoms with Gasteiger partial charge in [-0.3, -0.25) is 13.9 Å². The molecule has 1 unspecified atom stereocenters. The summed E-state index contributed by atoms with van der Waals surface area (Å²) >= 11 is 1.29. The smallest absolute Gasteiger partial charge is 0.331 e. The zero-order valence-corrected chi connectivity index (χ0v) is 19.3. The number of thioether (sulfide) groups is 1. The molecule has 172 valence electrons. The minimum atomic E-state index is -0.508. The van der Waals surface area contributed by atoms with E-state index in [4.69, 9.17) is 5.73 Å². The number of hydrogen-bond donors (Lipinski definition) is 1. The molecule has 4 aromatic rings. The highest BCUT2D eigenvalue weighted by Gasteiger charge is 2.36. The Bertz CT molecular complexity index is 1460. The zero-order valence-electron chi connectivity index (χ0n) is 18.5. The molecule has 3 aromatic carbocycles. The van der Waals surface area contributed by atoms with Gasteiger partial charge in [0.05, 0.1) is 22.5 Å². The van der Waals surface area contributed by atoms with E-state index in [1.807, 2.05) is 66.4 Å². The Balaban J connectivity index is 1.62. The largest absolute Gasteiger partial charge is 0.365 e. The molecule has 34 heavy (non-hydrogen) atoms. The Labute approximate surface area is 200 Å². The van der Waals surface area contributed by atoms with E-state index < -0.39 is 11.4 Å². The van der Waals surface area contributed by atoms with Crippen molar-refractivity contribution in [1.82, 2.24) is 14.0 Å². The number of primary amides is 1. The molecule has 0 saturated heterocycles. The first kappa shape index (κ1) is 22.0. The number of nitrogens with zero attached hydrogens (tertiary/aromatic N) is 3. The van der Waals surface area contributed by atoms with E-state index in [1.165, 1.54) is 23.9 Å². The van der Waals surface area contributed by atoms with E-state index in [0.717, 1.165) is 27.9 Å². The third kappa shape index (κ3) is 3.90. The predicted octanol–water partition coefficient (Wildman–Crippen LogP) is 4.41. The molecule has 0 bridgehead atoms. The molecule has 0 fully saturated rings. The van der Waals surface area contributed by atoms with Gasteiger partial charge < -0.3 is 10.6 Å². The zero-order chi connectivity index (χ0) is 23.8. The van der Waals surface area contributed by atoms with E-state index in [0.29, 0.717) is 18.0 Å². The molecule has 1 amide bonds. The van der Waals surface area contributed by atoms with Crippen LogP contribution in [0.4, 0.5) is 4.39 Å². The van der Waals surface area contributed by atoms with Gasteiger partial charge in [0.2, 0.25) is 0 Å². The number of carbonyl (C=O) groups excluding carboxylic acids is 1. The van der Waals surface area contributed by atoms with Crippen LogP contribution in [0.1, 0.15) is 23.5 Å². The molecule has 0 spiro atoms. The van der Waals surface area contributed by atoms with E-state index in [1.54, 1.807) is 21.3 Å². The number of rotatable bonds is 6. The summed E-state index contributed by atoms with van der Waals surface area (Å²) in [5.41, 5.74) is 9.14. The summed E-state index contributed by atoms with van der Waals surface area (Å²) in [6.45, 7) is 2.68. The van der Waals surface area contributed by atoms with Crippen molar-refractivity contribution >= 4 is 28.7 Å². The summed E-state index contributed by atoms with van der Waals surface area (Å²) in [6, 6.07) is 23.6. The fourth-order valence-electron chi connectivity index (χ4n) is 4.33. The van der Waals surface area contributed by atoms with Gasteiger partial charge in [0.25, 0.3) is 5.91 Å². The molecular weight excluding hydrogens is 451 g/mol. The second kappa shape index (κ2) is 8.87. The van der Waals surface area contributed by atoms with Gasteiger partial charge in [0, 0.05) is 12.2 Å². The number of fused-ring (bicyclic) bond motifs is 1. The van der Waals surface area contributed by atoms with Crippen molar-refractivity contribution in [1.29, 1.82) is 0 Å². The van der Waals surface area contributed by atoms with Crippen LogP contribution in [-0.4, -0.2) is 19.9 Å². The number of hydrogen-bond acceptors (Lipinski definition) is 4. The fourth-order valence-corrected chi connectivity index (χ4v) is 5.61. The van der Waals surface area contributed by atoms with Crippen LogP contribution in [0.2, 0.25) is 0 Å². The second-order valence-electron chi connectivity index (χ2n) is 8.19. The molecule has 2 heterocycles. The average molecular weight is 475 g/mol. The molecule has 0 radical (unpaired) electrons. The monoisotopic (exact) mass is 474 g/mol. The van der Waals surface area contributed by atoms with Gasteiger partial charge in [-0.05, 0) is 42.3 Å². The van der Waals surface area contributed by atoms with Crippen molar-refractivity contribution in [3.05, 3.63) is 117 Å². The molecule has 1 aliphatic heterocycles. The summed E-state index contributed by atoms with van der Waals surface area (Å²) in [7, 11) is 0. The maximum atomic E-state index is 13.8. The molecule has 1 aromatic heterocycles. The van der Waals surface area contributed by atoms with Gasteiger partial charge in [0.1, 0.15) is 5.82 Å². The summed E-state index contributed by atoms with van der Waals surface area (Å²) in [6.07, 6.45) is 0. The number of amides is 1. The van der Waals surface area contributed by atoms with Crippen molar-refractivity contribution in [2.75, 3.05) is 0 Å². The van der Waals surface area contributed by atoms with Crippen LogP contribution in [0.25, 0.3) is 11.0 Å². The lowest BCUT2D eigenvalue weighted by atomic mass is 10.2. The first-order valence-corrected chi connectivity index (χ1v) is 11.7. The predicted molar refractivity (Wildman–Crippen MR) is 132 cm³/mol. The molecule has 2 N–H and O–H groups in total. The second-order valence-corrected chi connectivity index (χ2v) is 9.26. The lowest BCUT2D eigenvalue weighted by Gasteiger charge is -2.28. The average Bonchev–Trinajstić information content (AvgIpc) is 3.30. The SMILES string of the molecule is CC1=C(C(N)=O)SC(n2c(=O)n(Cc3ccc(F)cc3)c3ccccc32)N1Cc1ccccc1. The third-order valence-corrected chi connectivity index (χ3v) is 7.42. The molecular formula is C26H23FN4O2S. The highest BCUT2D eigenvalue weighted by atomic mass is 32.2. The molecule has 5 rings (SSSR count). The van der Waals surface area contributed by atoms with E-state index >= 15 is 0 Å². The van der Waals surface area contributed by atoms with E-state index in [-0.39, 0.29) is 11.5 Å². The van der Waals surface area contributed by atoms with E-state index in [2.05, 4.69) is 0 Å².